The Morgan fingerprint density at radius 3 is 2.80 bits per heavy atom. The molecular weight excluding hydrogens is 184 g/mol. The summed E-state index contributed by atoms with van der Waals surface area (Å²) in [6.07, 6.45) is 1.13. The largest absolute Gasteiger partial charge is 0.327 e. The van der Waals surface area contributed by atoms with Crippen molar-refractivity contribution >= 4 is 10.9 Å². The summed E-state index contributed by atoms with van der Waals surface area (Å²) in [5, 5.41) is 1.22. The Labute approximate surface area is 89.1 Å². The molecule has 1 aromatic carbocycles. The van der Waals surface area contributed by atoms with Gasteiger partial charge in [0.15, 0.2) is 0 Å². The molecule has 76 valence electrons. The van der Waals surface area contributed by atoms with Crippen LogP contribution in [-0.4, -0.2) is 11.0 Å². The molecule has 0 saturated heterocycles. The van der Waals surface area contributed by atoms with Crippen molar-refractivity contribution in [3.63, 3.8) is 0 Å². The molecule has 0 spiro atoms. The molecule has 2 nitrogen and oxygen atoms in total. The predicted molar refractivity (Wildman–Crippen MR) is 61.8 cm³/mol. The number of aryl methyl sites for hydroxylation is 1. The molecule has 0 aliphatic heterocycles. The van der Waals surface area contributed by atoms with Gasteiger partial charge >= 0.3 is 0 Å². The molecule has 0 amide bonds. The fourth-order valence-corrected chi connectivity index (χ4v) is 2.07. The summed E-state index contributed by atoms with van der Waals surface area (Å²) >= 11 is 0. The van der Waals surface area contributed by atoms with E-state index >= 15 is 0 Å². The number of fused-ring (bicyclic) bond motifs is 1. The van der Waals surface area contributed by atoms with Gasteiger partial charge in [0.25, 0.3) is 0 Å². The molecule has 2 N–H and O–H groups in total. The summed E-state index contributed by atoms with van der Waals surface area (Å²) in [6.45, 7) is 2.02. The van der Waals surface area contributed by atoms with Crippen LogP contribution in [0.25, 0.3) is 10.9 Å². The normalized spacial score (nSPS) is 24.4. The van der Waals surface area contributed by atoms with Crippen LogP contribution >= 0.6 is 0 Å². The first-order valence-electron chi connectivity index (χ1n) is 5.37. The topological polar surface area (TPSA) is 38.9 Å². The van der Waals surface area contributed by atoms with Crippen molar-refractivity contribution in [1.82, 2.24) is 4.98 Å². The second-order valence-electron chi connectivity index (χ2n) is 4.41. The van der Waals surface area contributed by atoms with E-state index in [-0.39, 0.29) is 0 Å². The smallest absolute Gasteiger partial charge is 0.0705 e. The average Bonchev–Trinajstić information content (AvgIpc) is 2.95. The van der Waals surface area contributed by atoms with E-state index in [0.717, 1.165) is 17.6 Å². The lowest BCUT2D eigenvalue weighted by atomic mass is 10.1. The maximum absolute atomic E-state index is 5.85. The second kappa shape index (κ2) is 3.04. The van der Waals surface area contributed by atoms with Crippen molar-refractivity contribution < 1.29 is 0 Å². The van der Waals surface area contributed by atoms with Crippen molar-refractivity contribution in [3.05, 3.63) is 41.6 Å². The van der Waals surface area contributed by atoms with E-state index < -0.39 is 0 Å². The average molecular weight is 198 g/mol. The second-order valence-corrected chi connectivity index (χ2v) is 4.41. The summed E-state index contributed by atoms with van der Waals surface area (Å²) in [5.41, 5.74) is 9.36. The van der Waals surface area contributed by atoms with Crippen molar-refractivity contribution in [2.75, 3.05) is 0 Å². The van der Waals surface area contributed by atoms with E-state index in [4.69, 9.17) is 5.73 Å². The standard InChI is InChI=1S/C13H14N2/c1-8-2-3-10-6-9(11-7-12(11)14)4-5-13(10)15-8/h2-6,11-12H,7,14H2,1H3/t11-,12+/m0/s1. The van der Waals surface area contributed by atoms with Crippen LogP contribution in [0.2, 0.25) is 0 Å². The first kappa shape index (κ1) is 8.86. The van der Waals surface area contributed by atoms with Crippen molar-refractivity contribution in [1.29, 1.82) is 0 Å². The first-order chi connectivity index (χ1) is 7.24. The van der Waals surface area contributed by atoms with Crippen molar-refractivity contribution in [3.8, 4) is 0 Å². The zero-order valence-corrected chi connectivity index (χ0v) is 8.77. The highest BCUT2D eigenvalue weighted by molar-refractivity contribution is 5.79. The molecule has 0 bridgehead atoms. The van der Waals surface area contributed by atoms with Crippen LogP contribution in [0.15, 0.2) is 30.3 Å². The van der Waals surface area contributed by atoms with Crippen LogP contribution in [-0.2, 0) is 0 Å². The minimum absolute atomic E-state index is 0.376. The number of hydrogen-bond acceptors (Lipinski definition) is 2. The van der Waals surface area contributed by atoms with E-state index in [2.05, 4.69) is 35.3 Å². The molecule has 1 aromatic heterocycles. The van der Waals surface area contributed by atoms with E-state index in [0.29, 0.717) is 12.0 Å². The Kier molecular flexibility index (Phi) is 1.80. The molecule has 2 aromatic rings. The fourth-order valence-electron chi connectivity index (χ4n) is 2.07. The lowest BCUT2D eigenvalue weighted by molar-refractivity contribution is 0.992. The van der Waals surface area contributed by atoms with E-state index in [1.807, 2.05) is 6.92 Å². The van der Waals surface area contributed by atoms with Gasteiger partial charge in [0.1, 0.15) is 0 Å². The van der Waals surface area contributed by atoms with Crippen LogP contribution in [0, 0.1) is 6.92 Å². The number of pyridine rings is 1. The summed E-state index contributed by atoms with van der Waals surface area (Å²) in [5.74, 6) is 0.579. The minimum atomic E-state index is 0.376. The van der Waals surface area contributed by atoms with Gasteiger partial charge in [-0.15, -0.1) is 0 Å². The van der Waals surface area contributed by atoms with Crippen LogP contribution in [0.1, 0.15) is 23.6 Å². The Bertz CT molecular complexity index is 519. The van der Waals surface area contributed by atoms with Gasteiger partial charge in [-0.2, -0.15) is 0 Å². The SMILES string of the molecule is Cc1ccc2cc([C@@H]3C[C@H]3N)ccc2n1. The molecule has 0 radical (unpaired) electrons. The van der Waals surface area contributed by atoms with Gasteiger partial charge in [-0.05, 0) is 37.1 Å². The predicted octanol–water partition coefficient (Wildman–Crippen LogP) is 2.36. The van der Waals surface area contributed by atoms with Crippen molar-refractivity contribution in [2.24, 2.45) is 5.73 Å². The number of aromatic nitrogens is 1. The Hall–Kier alpha value is -1.41. The molecule has 15 heavy (non-hydrogen) atoms. The molecule has 2 heteroatoms. The molecule has 3 rings (SSSR count). The summed E-state index contributed by atoms with van der Waals surface area (Å²) in [6, 6.07) is 11.0. The van der Waals surface area contributed by atoms with Gasteiger partial charge in [0.05, 0.1) is 5.52 Å². The Morgan fingerprint density at radius 2 is 2.07 bits per heavy atom. The first-order valence-corrected chi connectivity index (χ1v) is 5.37. The highest BCUT2D eigenvalue weighted by atomic mass is 14.7. The van der Waals surface area contributed by atoms with Gasteiger partial charge in [-0.25, -0.2) is 0 Å². The van der Waals surface area contributed by atoms with Crippen LogP contribution in [0.5, 0.6) is 0 Å². The lowest BCUT2D eigenvalue weighted by Crippen LogP contribution is -2.00. The van der Waals surface area contributed by atoms with Gasteiger partial charge in [-0.1, -0.05) is 12.1 Å². The lowest BCUT2D eigenvalue weighted by Gasteiger charge is -2.02. The highest BCUT2D eigenvalue weighted by Gasteiger charge is 2.34. The molecule has 0 unspecified atom stereocenters. The minimum Gasteiger partial charge on any atom is -0.327 e. The molecule has 2 atom stereocenters. The molecule has 1 aliphatic rings. The van der Waals surface area contributed by atoms with Gasteiger partial charge in [0, 0.05) is 23.0 Å². The molecular formula is C13H14N2. The van der Waals surface area contributed by atoms with Crippen LogP contribution < -0.4 is 5.73 Å². The van der Waals surface area contributed by atoms with E-state index in [1.54, 1.807) is 0 Å². The third-order valence-corrected chi connectivity index (χ3v) is 3.12. The maximum Gasteiger partial charge on any atom is 0.0705 e. The monoisotopic (exact) mass is 198 g/mol. The van der Waals surface area contributed by atoms with Crippen LogP contribution in [0.4, 0.5) is 0 Å². The van der Waals surface area contributed by atoms with E-state index in [9.17, 15) is 0 Å². The van der Waals surface area contributed by atoms with Gasteiger partial charge < -0.3 is 5.73 Å². The number of hydrogen-bond donors (Lipinski definition) is 1. The molecule has 1 fully saturated rings. The third kappa shape index (κ3) is 1.51. The Morgan fingerprint density at radius 1 is 1.27 bits per heavy atom. The molecule has 1 heterocycles. The highest BCUT2D eigenvalue weighted by Crippen LogP contribution is 2.39. The quantitative estimate of drug-likeness (QED) is 0.764. The van der Waals surface area contributed by atoms with E-state index in [1.165, 1.54) is 10.9 Å². The molecule has 1 aliphatic carbocycles. The van der Waals surface area contributed by atoms with Gasteiger partial charge in [-0.3, -0.25) is 4.98 Å². The number of rotatable bonds is 1. The zero-order chi connectivity index (χ0) is 10.4. The number of nitrogens with two attached hydrogens (primary N) is 1. The van der Waals surface area contributed by atoms with Gasteiger partial charge in [0.2, 0.25) is 0 Å². The summed E-state index contributed by atoms with van der Waals surface area (Å²) in [4.78, 5) is 4.48. The van der Waals surface area contributed by atoms with Crippen molar-refractivity contribution in [2.45, 2.75) is 25.3 Å². The number of nitrogens with zero attached hydrogens (tertiary/aromatic N) is 1. The fraction of sp³-hybridized carbons (Fsp3) is 0.308. The third-order valence-electron chi connectivity index (χ3n) is 3.12. The molecule has 1 saturated carbocycles. The Balaban J connectivity index is 2.10. The summed E-state index contributed by atoms with van der Waals surface area (Å²) < 4.78 is 0. The summed E-state index contributed by atoms with van der Waals surface area (Å²) in [7, 11) is 0. The number of benzene rings is 1. The van der Waals surface area contributed by atoms with Crippen LogP contribution in [0.3, 0.4) is 0 Å². The zero-order valence-electron chi connectivity index (χ0n) is 8.77. The maximum atomic E-state index is 5.85.